The summed E-state index contributed by atoms with van der Waals surface area (Å²) in [5, 5.41) is 64.1. The molecular formula is C33H47NO13. The summed E-state index contributed by atoms with van der Waals surface area (Å²) in [6.45, 7) is 3.38. The number of aliphatic hydroxyl groups excluding tert-OH is 4. The molecule has 8 N–H and O–H groups in total. The third-order valence-corrected chi connectivity index (χ3v) is 8.59. The van der Waals surface area contributed by atoms with Gasteiger partial charge in [0.15, 0.2) is 12.1 Å². The largest absolute Gasteiger partial charge is 0.481 e. The molecule has 0 aromatic carbocycles. The molecule has 2 bridgehead atoms. The van der Waals surface area contributed by atoms with Gasteiger partial charge in [-0.1, -0.05) is 48.6 Å². The molecule has 3 unspecified atom stereocenters. The van der Waals surface area contributed by atoms with Gasteiger partial charge in [-0.15, -0.1) is 0 Å². The van der Waals surface area contributed by atoms with Crippen molar-refractivity contribution in [2.75, 3.05) is 0 Å². The van der Waals surface area contributed by atoms with E-state index in [1.54, 1.807) is 56.4 Å². The van der Waals surface area contributed by atoms with Crippen LogP contribution in [-0.4, -0.2) is 122 Å². The van der Waals surface area contributed by atoms with Crippen molar-refractivity contribution in [2.24, 2.45) is 11.7 Å². The first-order valence-electron chi connectivity index (χ1n) is 15.9. The maximum Gasteiger partial charge on any atom is 0.330 e. The lowest BCUT2D eigenvalue weighted by molar-refractivity contribution is -0.308. The number of epoxide rings is 1. The molecule has 0 saturated carbocycles. The highest BCUT2D eigenvalue weighted by Crippen LogP contribution is 2.39. The van der Waals surface area contributed by atoms with E-state index >= 15 is 0 Å². The number of rotatable bonds is 3. The van der Waals surface area contributed by atoms with E-state index in [4.69, 9.17) is 29.4 Å². The van der Waals surface area contributed by atoms with E-state index in [2.05, 4.69) is 0 Å². The van der Waals surface area contributed by atoms with Crippen molar-refractivity contribution < 1.29 is 63.9 Å². The number of ether oxygens (including phenoxy) is 5. The van der Waals surface area contributed by atoms with Gasteiger partial charge in [0.25, 0.3) is 0 Å². The van der Waals surface area contributed by atoms with Gasteiger partial charge < -0.3 is 60.1 Å². The van der Waals surface area contributed by atoms with Gasteiger partial charge >= 0.3 is 11.9 Å². The van der Waals surface area contributed by atoms with Crippen LogP contribution in [-0.2, 0) is 33.3 Å². The maximum atomic E-state index is 12.3. The summed E-state index contributed by atoms with van der Waals surface area (Å²) in [5.41, 5.74) is 5.91. The molecule has 14 atom stereocenters. The first-order valence-corrected chi connectivity index (χ1v) is 15.9. The van der Waals surface area contributed by atoms with Gasteiger partial charge in [0.2, 0.25) is 0 Å². The number of aliphatic hydroxyl groups is 5. The number of carboxylic acid groups (broad SMARTS) is 1. The average molecular weight is 666 g/mol. The number of esters is 1. The second kappa shape index (κ2) is 16.6. The number of nitrogens with two attached hydrogens (primary N) is 1. The molecule has 0 amide bonds. The van der Waals surface area contributed by atoms with Crippen LogP contribution in [0.3, 0.4) is 0 Å². The summed E-state index contributed by atoms with van der Waals surface area (Å²) < 4.78 is 28.5. The lowest BCUT2D eigenvalue weighted by atomic mass is 9.83. The highest BCUT2D eigenvalue weighted by molar-refractivity contribution is 5.82. The molecule has 4 aliphatic heterocycles. The van der Waals surface area contributed by atoms with Crippen LogP contribution in [0.1, 0.15) is 46.0 Å². The summed E-state index contributed by atoms with van der Waals surface area (Å²) in [6, 6.07) is -0.870. The normalized spacial score (nSPS) is 47.2. The van der Waals surface area contributed by atoms with Crippen LogP contribution < -0.4 is 5.73 Å². The maximum absolute atomic E-state index is 12.3. The number of aliphatic carboxylic acids is 1. The first-order chi connectivity index (χ1) is 22.3. The summed E-state index contributed by atoms with van der Waals surface area (Å²) in [5.74, 6) is -5.46. The molecule has 0 aromatic rings. The van der Waals surface area contributed by atoms with Gasteiger partial charge in [-0.05, 0) is 19.9 Å². The van der Waals surface area contributed by atoms with Crippen LogP contribution in [0.2, 0.25) is 0 Å². The van der Waals surface area contributed by atoms with Crippen molar-refractivity contribution in [3.63, 3.8) is 0 Å². The Balaban J connectivity index is 1.58. The highest BCUT2D eigenvalue weighted by Gasteiger charge is 2.51. The van der Waals surface area contributed by atoms with E-state index in [1.165, 1.54) is 12.2 Å². The van der Waals surface area contributed by atoms with E-state index in [0.29, 0.717) is 6.42 Å². The molecule has 14 nitrogen and oxygen atoms in total. The summed E-state index contributed by atoms with van der Waals surface area (Å²) in [6.07, 6.45) is 4.92. The molecule has 4 heterocycles. The fourth-order valence-electron chi connectivity index (χ4n) is 5.98. The summed E-state index contributed by atoms with van der Waals surface area (Å²) >= 11 is 0. The van der Waals surface area contributed by atoms with Crippen LogP contribution in [0.15, 0.2) is 60.8 Å². The zero-order valence-electron chi connectivity index (χ0n) is 26.4. The molecule has 3 saturated heterocycles. The van der Waals surface area contributed by atoms with Gasteiger partial charge in [0.05, 0.1) is 42.7 Å². The van der Waals surface area contributed by atoms with E-state index in [9.17, 15) is 40.2 Å². The highest BCUT2D eigenvalue weighted by atomic mass is 16.7. The first kappa shape index (κ1) is 37.1. The van der Waals surface area contributed by atoms with Crippen LogP contribution in [0.25, 0.3) is 0 Å². The van der Waals surface area contributed by atoms with Crippen molar-refractivity contribution in [3.8, 4) is 0 Å². The number of hydrogen-bond acceptors (Lipinski definition) is 13. The molecule has 0 aliphatic carbocycles. The minimum Gasteiger partial charge on any atom is -0.481 e. The van der Waals surface area contributed by atoms with E-state index < -0.39 is 97.3 Å². The SMILES string of the molecule is CC1O[C@@H](O[C@H]2/C=C/C=C/C=C/C=C/C[C@@H](C)OC(=O)/C=C/[C@H]3O[C@@H]3C[C@H](O)C[C@]3(O)C[C@H](O)[C@@H](C(=O)O)[C@H](C2)O3)C(O)C(O)[C@@H]1N. The Labute approximate surface area is 273 Å². The molecular weight excluding hydrogens is 618 g/mol. The monoisotopic (exact) mass is 665 g/mol. The van der Waals surface area contributed by atoms with Crippen LogP contribution in [0, 0.1) is 5.92 Å². The lowest BCUT2D eigenvalue weighted by Gasteiger charge is -2.45. The molecule has 262 valence electrons. The standard InChI is InChI=1S/C33H47NO13/c1-18-10-8-6-4-3-5-7-9-11-21(45-32-30(39)29(38)28(34)19(2)44-32)15-25-27(31(40)41)22(36)17-33(42,47-25)16-20(35)14-24-23(46-24)12-13-26(37)43-18/h3-9,11-13,18-25,27-30,32,35-36,38-39,42H,10,14-17,34H2,1-2H3,(H,40,41)/b4-3+,7-5+,8-6+,11-9+,13-12+/t18-,19?,20+,21+,22+,23-,24-,25+,27-,28-,29?,30?,32+,33-/m1/s1. The summed E-state index contributed by atoms with van der Waals surface area (Å²) in [7, 11) is 0. The molecule has 4 aliphatic rings. The van der Waals surface area contributed by atoms with Crippen LogP contribution in [0.4, 0.5) is 0 Å². The van der Waals surface area contributed by atoms with Crippen molar-refractivity contribution in [2.45, 2.75) is 125 Å². The third-order valence-electron chi connectivity index (χ3n) is 8.59. The molecule has 0 spiro atoms. The number of cyclic esters (lactones) is 1. The molecule has 0 aromatic heterocycles. The number of carbonyl (C=O) groups is 2. The minimum absolute atomic E-state index is 0.0773. The topological polar surface area (TPSA) is 231 Å². The fraction of sp³-hybridized carbons (Fsp3) is 0.636. The Kier molecular flexibility index (Phi) is 13.1. The van der Waals surface area contributed by atoms with Crippen molar-refractivity contribution >= 4 is 11.9 Å². The Morgan fingerprint density at radius 1 is 0.936 bits per heavy atom. The fourth-order valence-corrected chi connectivity index (χ4v) is 5.98. The zero-order valence-corrected chi connectivity index (χ0v) is 26.4. The van der Waals surface area contributed by atoms with Crippen LogP contribution in [0.5, 0.6) is 0 Å². The molecule has 4 rings (SSSR count). The average Bonchev–Trinajstić information content (AvgIpc) is 3.72. The summed E-state index contributed by atoms with van der Waals surface area (Å²) in [4.78, 5) is 24.4. The minimum atomic E-state index is -2.10. The third kappa shape index (κ3) is 10.6. The quantitative estimate of drug-likeness (QED) is 0.157. The number of fused-ring (bicyclic) bond motifs is 3. The van der Waals surface area contributed by atoms with Crippen molar-refractivity contribution in [1.82, 2.24) is 0 Å². The second-order valence-electron chi connectivity index (χ2n) is 12.6. The van der Waals surface area contributed by atoms with Gasteiger partial charge in [-0.3, -0.25) is 4.79 Å². The van der Waals surface area contributed by atoms with Crippen molar-refractivity contribution in [3.05, 3.63) is 60.8 Å². The van der Waals surface area contributed by atoms with E-state index in [1.807, 2.05) is 6.08 Å². The van der Waals surface area contributed by atoms with Gasteiger partial charge in [0.1, 0.15) is 30.3 Å². The van der Waals surface area contributed by atoms with Crippen LogP contribution >= 0.6 is 0 Å². The predicted octanol–water partition coefficient (Wildman–Crippen LogP) is 0.120. The second-order valence-corrected chi connectivity index (χ2v) is 12.6. The predicted molar refractivity (Wildman–Crippen MR) is 165 cm³/mol. The molecule has 47 heavy (non-hydrogen) atoms. The Morgan fingerprint density at radius 2 is 1.64 bits per heavy atom. The van der Waals surface area contributed by atoms with Gasteiger partial charge in [0, 0.05) is 38.2 Å². The number of carbonyl (C=O) groups excluding carboxylic acids is 1. The van der Waals surface area contributed by atoms with E-state index in [0.717, 1.165) is 0 Å². The zero-order chi connectivity index (χ0) is 34.3. The van der Waals surface area contributed by atoms with Crippen molar-refractivity contribution in [1.29, 1.82) is 0 Å². The number of carboxylic acids is 1. The molecule has 14 heteroatoms. The Bertz CT molecular complexity index is 1220. The number of allylic oxidation sites excluding steroid dienone is 6. The van der Waals surface area contributed by atoms with Gasteiger partial charge in [-0.25, -0.2) is 4.79 Å². The molecule has 3 fully saturated rings. The van der Waals surface area contributed by atoms with E-state index in [-0.39, 0.29) is 25.4 Å². The number of hydrogen-bond donors (Lipinski definition) is 7. The molecule has 0 radical (unpaired) electrons. The Hall–Kier alpha value is -2.76. The Morgan fingerprint density at radius 3 is 2.36 bits per heavy atom. The van der Waals surface area contributed by atoms with Gasteiger partial charge in [-0.2, -0.15) is 0 Å². The smallest absolute Gasteiger partial charge is 0.330 e. The lowest BCUT2D eigenvalue weighted by Crippen LogP contribution is -2.61.